The van der Waals surface area contributed by atoms with Gasteiger partial charge in [-0.1, -0.05) is 30.3 Å². The number of methoxy groups -OCH3 is 1. The van der Waals surface area contributed by atoms with Crippen LogP contribution in [0.15, 0.2) is 30.3 Å². The molecule has 36 heavy (non-hydrogen) atoms. The highest BCUT2D eigenvalue weighted by molar-refractivity contribution is 5.70. The first-order valence-electron chi connectivity index (χ1n) is 13.5. The molecule has 0 bridgehead atoms. The quantitative estimate of drug-likeness (QED) is 0.316. The van der Waals surface area contributed by atoms with Gasteiger partial charge in [0.05, 0.1) is 20.1 Å². The number of rotatable bonds is 12. The second kappa shape index (κ2) is 13.9. The van der Waals surface area contributed by atoms with Crippen molar-refractivity contribution < 1.29 is 19.1 Å². The topological polar surface area (TPSA) is 68.8 Å². The fourth-order valence-electron chi connectivity index (χ4n) is 5.34. The average molecular weight is 502 g/mol. The van der Waals surface area contributed by atoms with E-state index in [-0.39, 0.29) is 18.2 Å². The van der Waals surface area contributed by atoms with Crippen LogP contribution in [0.3, 0.4) is 0 Å². The lowest BCUT2D eigenvalue weighted by Crippen LogP contribution is -2.49. The molecule has 1 aromatic rings. The van der Waals surface area contributed by atoms with Crippen LogP contribution in [0.4, 0.5) is 4.79 Å². The molecule has 1 amide bonds. The van der Waals surface area contributed by atoms with E-state index in [1.807, 2.05) is 4.90 Å². The van der Waals surface area contributed by atoms with Gasteiger partial charge in [-0.25, -0.2) is 4.79 Å². The average Bonchev–Trinajstić information content (AvgIpc) is 3.26. The lowest BCUT2D eigenvalue weighted by atomic mass is 10.2. The zero-order valence-electron chi connectivity index (χ0n) is 21.9. The SMILES string of the molecule is COC(=O)CCN1CCN(CC2CN(CCCCN3CCN(Cc4ccccc4)CC3)C(=O)O2)CC1. The number of nitrogens with zero attached hydrogens (tertiary/aromatic N) is 5. The van der Waals surface area contributed by atoms with Gasteiger partial charge in [-0.05, 0) is 24.9 Å². The van der Waals surface area contributed by atoms with Crippen molar-refractivity contribution in [3.8, 4) is 0 Å². The minimum atomic E-state index is -0.161. The molecule has 9 heteroatoms. The fraction of sp³-hybridized carbons (Fsp3) is 0.704. The minimum Gasteiger partial charge on any atom is -0.469 e. The van der Waals surface area contributed by atoms with Gasteiger partial charge < -0.3 is 24.2 Å². The Morgan fingerprint density at radius 3 is 2.17 bits per heavy atom. The van der Waals surface area contributed by atoms with Crippen molar-refractivity contribution in [2.75, 3.05) is 92.2 Å². The van der Waals surface area contributed by atoms with Crippen LogP contribution in [-0.4, -0.2) is 135 Å². The zero-order valence-corrected chi connectivity index (χ0v) is 21.9. The second-order valence-electron chi connectivity index (χ2n) is 10.2. The summed E-state index contributed by atoms with van der Waals surface area (Å²) in [6, 6.07) is 10.7. The number of carbonyl (C=O) groups excluding carboxylic acids is 2. The first-order valence-corrected chi connectivity index (χ1v) is 13.5. The van der Waals surface area contributed by atoms with Gasteiger partial charge in [0.25, 0.3) is 0 Å². The van der Waals surface area contributed by atoms with Crippen molar-refractivity contribution in [2.24, 2.45) is 0 Å². The highest BCUT2D eigenvalue weighted by Gasteiger charge is 2.32. The van der Waals surface area contributed by atoms with Gasteiger partial charge in [0.1, 0.15) is 6.10 Å². The molecule has 4 rings (SSSR count). The van der Waals surface area contributed by atoms with E-state index in [4.69, 9.17) is 9.47 Å². The molecule has 0 radical (unpaired) electrons. The Hall–Kier alpha value is -2.20. The summed E-state index contributed by atoms with van der Waals surface area (Å²) in [6.07, 6.45) is 2.37. The first-order chi connectivity index (χ1) is 17.6. The fourth-order valence-corrected chi connectivity index (χ4v) is 5.34. The molecule has 0 spiro atoms. The molecule has 1 aromatic carbocycles. The van der Waals surface area contributed by atoms with Gasteiger partial charge in [-0.15, -0.1) is 0 Å². The molecule has 0 aliphatic carbocycles. The lowest BCUT2D eigenvalue weighted by molar-refractivity contribution is -0.141. The van der Waals surface area contributed by atoms with Crippen molar-refractivity contribution in [3.63, 3.8) is 0 Å². The number of ether oxygens (including phenoxy) is 2. The Balaban J connectivity index is 1.05. The zero-order chi connectivity index (χ0) is 25.2. The third-order valence-electron chi connectivity index (χ3n) is 7.60. The van der Waals surface area contributed by atoms with E-state index in [0.717, 1.165) is 97.9 Å². The molecule has 3 aliphatic heterocycles. The molecule has 200 valence electrons. The van der Waals surface area contributed by atoms with Gasteiger partial charge in [0.15, 0.2) is 0 Å². The summed E-state index contributed by atoms with van der Waals surface area (Å²) in [4.78, 5) is 35.3. The van der Waals surface area contributed by atoms with Crippen LogP contribution in [-0.2, 0) is 20.8 Å². The summed E-state index contributed by atoms with van der Waals surface area (Å²) >= 11 is 0. The van der Waals surface area contributed by atoms with Crippen LogP contribution in [0.2, 0.25) is 0 Å². The highest BCUT2D eigenvalue weighted by atomic mass is 16.6. The molecular weight excluding hydrogens is 458 g/mol. The lowest BCUT2D eigenvalue weighted by Gasteiger charge is -2.35. The maximum Gasteiger partial charge on any atom is 0.410 e. The van der Waals surface area contributed by atoms with Crippen molar-refractivity contribution in [2.45, 2.75) is 31.9 Å². The summed E-state index contributed by atoms with van der Waals surface area (Å²) in [6.45, 7) is 13.4. The molecule has 3 saturated heterocycles. The van der Waals surface area contributed by atoms with E-state index in [2.05, 4.69) is 49.9 Å². The Bertz CT molecular complexity index is 810. The van der Waals surface area contributed by atoms with Crippen LogP contribution >= 0.6 is 0 Å². The van der Waals surface area contributed by atoms with Crippen LogP contribution in [0.5, 0.6) is 0 Å². The van der Waals surface area contributed by atoms with Crippen LogP contribution in [0.25, 0.3) is 0 Å². The van der Waals surface area contributed by atoms with E-state index in [1.165, 1.54) is 12.7 Å². The van der Waals surface area contributed by atoms with Gasteiger partial charge in [0, 0.05) is 78.5 Å². The summed E-state index contributed by atoms with van der Waals surface area (Å²) in [5, 5.41) is 0. The van der Waals surface area contributed by atoms with E-state index >= 15 is 0 Å². The van der Waals surface area contributed by atoms with Crippen molar-refractivity contribution in [1.29, 1.82) is 0 Å². The number of piperazine rings is 2. The predicted octanol–water partition coefficient (Wildman–Crippen LogP) is 1.59. The number of cyclic esters (lactones) is 1. The summed E-state index contributed by atoms with van der Waals surface area (Å²) < 4.78 is 10.4. The van der Waals surface area contributed by atoms with E-state index < -0.39 is 0 Å². The van der Waals surface area contributed by atoms with Gasteiger partial charge >= 0.3 is 12.1 Å². The summed E-state index contributed by atoms with van der Waals surface area (Å²) in [5.74, 6) is -0.156. The van der Waals surface area contributed by atoms with Crippen molar-refractivity contribution >= 4 is 12.1 Å². The third kappa shape index (κ3) is 8.44. The number of hydrogen-bond donors (Lipinski definition) is 0. The van der Waals surface area contributed by atoms with Crippen LogP contribution in [0.1, 0.15) is 24.8 Å². The number of carbonyl (C=O) groups is 2. The maximum absolute atomic E-state index is 12.4. The normalized spacial score (nSPS) is 22.6. The number of benzene rings is 1. The van der Waals surface area contributed by atoms with Crippen LogP contribution < -0.4 is 0 Å². The standard InChI is InChI=1S/C27H43N5O4/c1-35-26(33)9-12-29-15-19-31(20-16-29)22-25-23-32(27(34)36-25)11-6-5-10-28-13-17-30(18-14-28)21-24-7-3-2-4-8-24/h2-4,7-8,25H,5-6,9-23H2,1H3. The number of esters is 1. The summed E-state index contributed by atoms with van der Waals surface area (Å²) in [7, 11) is 1.43. The molecule has 3 fully saturated rings. The van der Waals surface area contributed by atoms with Crippen molar-refractivity contribution in [1.82, 2.24) is 24.5 Å². The Morgan fingerprint density at radius 1 is 0.861 bits per heavy atom. The molecule has 3 aliphatic rings. The first kappa shape index (κ1) is 26.9. The molecule has 3 heterocycles. The van der Waals surface area contributed by atoms with Crippen molar-refractivity contribution in [3.05, 3.63) is 35.9 Å². The molecular formula is C27H43N5O4. The minimum absolute atomic E-state index is 0.0446. The monoisotopic (exact) mass is 501 g/mol. The second-order valence-corrected chi connectivity index (χ2v) is 10.2. The molecule has 0 aromatic heterocycles. The molecule has 0 N–H and O–H groups in total. The number of amides is 1. The molecule has 0 saturated carbocycles. The Kier molecular flexibility index (Phi) is 10.4. The molecule has 1 atom stereocenters. The molecule has 1 unspecified atom stereocenters. The largest absolute Gasteiger partial charge is 0.469 e. The van der Waals surface area contributed by atoms with Gasteiger partial charge in [0.2, 0.25) is 0 Å². The van der Waals surface area contributed by atoms with Crippen LogP contribution in [0, 0.1) is 0 Å². The molecule has 9 nitrogen and oxygen atoms in total. The smallest absolute Gasteiger partial charge is 0.410 e. The Labute approximate surface area is 215 Å². The predicted molar refractivity (Wildman–Crippen MR) is 139 cm³/mol. The van der Waals surface area contributed by atoms with Gasteiger partial charge in [-0.3, -0.25) is 14.6 Å². The third-order valence-corrected chi connectivity index (χ3v) is 7.60. The van der Waals surface area contributed by atoms with Gasteiger partial charge in [-0.2, -0.15) is 0 Å². The summed E-state index contributed by atoms with van der Waals surface area (Å²) in [5.41, 5.74) is 1.39. The Morgan fingerprint density at radius 2 is 1.47 bits per heavy atom. The maximum atomic E-state index is 12.4. The number of unbranched alkanes of at least 4 members (excludes halogenated alkanes) is 1. The van der Waals surface area contributed by atoms with E-state index in [9.17, 15) is 9.59 Å². The highest BCUT2D eigenvalue weighted by Crippen LogP contribution is 2.15. The number of hydrogen-bond acceptors (Lipinski definition) is 8. The van der Waals surface area contributed by atoms with E-state index in [1.54, 1.807) is 0 Å². The van der Waals surface area contributed by atoms with E-state index in [0.29, 0.717) is 13.0 Å².